The van der Waals surface area contributed by atoms with Crippen molar-refractivity contribution in [2.24, 2.45) is 0 Å². The normalized spacial score (nSPS) is 13.3. The Balaban J connectivity index is 1.65. The molecule has 6 nitrogen and oxygen atoms in total. The van der Waals surface area contributed by atoms with Gasteiger partial charge in [-0.15, -0.1) is 0 Å². The highest BCUT2D eigenvalue weighted by atomic mass is 16.2. The summed E-state index contributed by atoms with van der Waals surface area (Å²) < 4.78 is 0. The van der Waals surface area contributed by atoms with Crippen molar-refractivity contribution in [3.8, 4) is 0 Å². The molecule has 0 unspecified atom stereocenters. The van der Waals surface area contributed by atoms with Gasteiger partial charge in [-0.25, -0.2) is 0 Å². The predicted octanol–water partition coefficient (Wildman–Crippen LogP) is 3.48. The van der Waals surface area contributed by atoms with E-state index in [1.807, 2.05) is 24.3 Å². The summed E-state index contributed by atoms with van der Waals surface area (Å²) in [7, 11) is 0. The Morgan fingerprint density at radius 1 is 0.929 bits per heavy atom. The first kappa shape index (κ1) is 19.6. The van der Waals surface area contributed by atoms with Crippen LogP contribution in [-0.4, -0.2) is 37.2 Å². The fraction of sp³-hybridized carbons (Fsp3) is 0.318. The zero-order chi connectivity index (χ0) is 20.1. The molecule has 28 heavy (non-hydrogen) atoms. The molecular formula is C22H25N3O3. The summed E-state index contributed by atoms with van der Waals surface area (Å²) in [6.07, 6.45) is 2.41. The topological polar surface area (TPSA) is 69.7 Å². The number of nitrogens with one attached hydrogen (secondary N) is 1. The molecule has 1 aliphatic heterocycles. The summed E-state index contributed by atoms with van der Waals surface area (Å²) in [6.45, 7) is 4.98. The van der Waals surface area contributed by atoms with Crippen molar-refractivity contribution >= 4 is 34.7 Å². The van der Waals surface area contributed by atoms with Gasteiger partial charge in [0.1, 0.15) is 6.54 Å². The standard InChI is InChI=1S/C22H25N3O3/c1-16(26)18-5-7-19(8-6-18)23-22(28)15-25(17(2)27)21-11-9-20(10-12-21)24-13-3-4-14-24/h5-12H,3-4,13-15H2,1-2H3,(H,23,28). The van der Waals surface area contributed by atoms with Gasteiger partial charge in [0.2, 0.25) is 11.8 Å². The molecule has 1 heterocycles. The first-order valence-corrected chi connectivity index (χ1v) is 9.48. The molecule has 1 N–H and O–H groups in total. The van der Waals surface area contributed by atoms with Crippen LogP contribution in [0.1, 0.15) is 37.0 Å². The Kier molecular flexibility index (Phi) is 6.09. The van der Waals surface area contributed by atoms with Crippen molar-refractivity contribution in [3.05, 3.63) is 54.1 Å². The maximum absolute atomic E-state index is 12.4. The number of ketones is 1. The van der Waals surface area contributed by atoms with E-state index in [-0.39, 0.29) is 24.1 Å². The Morgan fingerprint density at radius 3 is 2.07 bits per heavy atom. The van der Waals surface area contributed by atoms with Crippen LogP contribution in [0, 0.1) is 0 Å². The summed E-state index contributed by atoms with van der Waals surface area (Å²) in [5, 5.41) is 2.77. The van der Waals surface area contributed by atoms with E-state index in [1.54, 1.807) is 24.3 Å². The highest BCUT2D eigenvalue weighted by Gasteiger charge is 2.17. The third-order valence-corrected chi connectivity index (χ3v) is 4.89. The van der Waals surface area contributed by atoms with Crippen molar-refractivity contribution in [1.82, 2.24) is 0 Å². The third kappa shape index (κ3) is 4.76. The van der Waals surface area contributed by atoms with Gasteiger partial charge in [-0.3, -0.25) is 14.4 Å². The molecule has 0 bridgehead atoms. The zero-order valence-electron chi connectivity index (χ0n) is 16.3. The zero-order valence-corrected chi connectivity index (χ0v) is 16.3. The highest BCUT2D eigenvalue weighted by Crippen LogP contribution is 2.24. The Morgan fingerprint density at radius 2 is 1.54 bits per heavy atom. The average Bonchev–Trinajstić information content (AvgIpc) is 3.21. The SMILES string of the molecule is CC(=O)c1ccc(NC(=O)CN(C(C)=O)c2ccc(N3CCCC3)cc2)cc1. The van der Waals surface area contributed by atoms with Crippen molar-refractivity contribution in [1.29, 1.82) is 0 Å². The van der Waals surface area contributed by atoms with E-state index in [4.69, 9.17) is 0 Å². The Bertz CT molecular complexity index is 854. The molecule has 2 aromatic rings. The molecule has 0 spiro atoms. The molecule has 0 aliphatic carbocycles. The van der Waals surface area contributed by atoms with Gasteiger partial charge < -0.3 is 15.1 Å². The van der Waals surface area contributed by atoms with Gasteiger partial charge in [-0.1, -0.05) is 0 Å². The number of Topliss-reactive ketones (excluding diaryl/α,β-unsaturated/α-hetero) is 1. The second kappa shape index (κ2) is 8.69. The monoisotopic (exact) mass is 379 g/mol. The molecule has 1 aliphatic rings. The minimum Gasteiger partial charge on any atom is -0.372 e. The van der Waals surface area contributed by atoms with Crippen molar-refractivity contribution in [2.75, 3.05) is 34.8 Å². The number of hydrogen-bond acceptors (Lipinski definition) is 4. The first-order valence-electron chi connectivity index (χ1n) is 9.48. The van der Waals surface area contributed by atoms with Crippen molar-refractivity contribution < 1.29 is 14.4 Å². The molecule has 0 saturated carbocycles. The van der Waals surface area contributed by atoms with Gasteiger partial charge in [0.15, 0.2) is 5.78 Å². The van der Waals surface area contributed by atoms with Crippen molar-refractivity contribution in [3.63, 3.8) is 0 Å². The summed E-state index contributed by atoms with van der Waals surface area (Å²) in [4.78, 5) is 39.6. The van der Waals surface area contributed by atoms with E-state index in [2.05, 4.69) is 10.2 Å². The summed E-state index contributed by atoms with van der Waals surface area (Å²) in [5.41, 5.74) is 3.00. The second-order valence-electron chi connectivity index (χ2n) is 7.00. The lowest BCUT2D eigenvalue weighted by molar-refractivity contribution is -0.120. The van der Waals surface area contributed by atoms with Gasteiger partial charge in [-0.05, 0) is 68.3 Å². The third-order valence-electron chi connectivity index (χ3n) is 4.89. The molecule has 3 rings (SSSR count). The molecule has 146 valence electrons. The van der Waals surface area contributed by atoms with Crippen LogP contribution in [0.15, 0.2) is 48.5 Å². The molecule has 0 aromatic heterocycles. The molecular weight excluding hydrogens is 354 g/mol. The molecule has 1 saturated heterocycles. The minimum absolute atomic E-state index is 0.0296. The Labute approximate surface area is 165 Å². The smallest absolute Gasteiger partial charge is 0.244 e. The van der Waals surface area contributed by atoms with E-state index >= 15 is 0 Å². The second-order valence-corrected chi connectivity index (χ2v) is 7.00. The number of carbonyl (C=O) groups is 3. The Hall–Kier alpha value is -3.15. The quantitative estimate of drug-likeness (QED) is 0.780. The molecule has 1 fully saturated rings. The molecule has 2 aromatic carbocycles. The van der Waals surface area contributed by atoms with E-state index in [0.717, 1.165) is 18.8 Å². The van der Waals surface area contributed by atoms with Crippen LogP contribution in [0.3, 0.4) is 0 Å². The highest BCUT2D eigenvalue weighted by molar-refractivity contribution is 6.02. The number of anilines is 3. The molecule has 6 heteroatoms. The van der Waals surface area contributed by atoms with Crippen LogP contribution in [-0.2, 0) is 9.59 Å². The largest absolute Gasteiger partial charge is 0.372 e. The summed E-state index contributed by atoms with van der Waals surface area (Å²) >= 11 is 0. The van der Waals surface area contributed by atoms with Crippen LogP contribution in [0.25, 0.3) is 0 Å². The first-order chi connectivity index (χ1) is 13.4. The fourth-order valence-electron chi connectivity index (χ4n) is 3.34. The van der Waals surface area contributed by atoms with Crippen LogP contribution in [0.2, 0.25) is 0 Å². The fourth-order valence-corrected chi connectivity index (χ4v) is 3.34. The van der Waals surface area contributed by atoms with Gasteiger partial charge in [0, 0.05) is 42.6 Å². The lowest BCUT2D eigenvalue weighted by atomic mass is 10.1. The number of carbonyl (C=O) groups excluding carboxylic acids is 3. The van der Waals surface area contributed by atoms with Gasteiger partial charge in [0.05, 0.1) is 0 Å². The van der Waals surface area contributed by atoms with E-state index in [0.29, 0.717) is 16.9 Å². The molecule has 0 radical (unpaired) electrons. The number of benzene rings is 2. The number of hydrogen-bond donors (Lipinski definition) is 1. The summed E-state index contributed by atoms with van der Waals surface area (Å²) in [6, 6.07) is 14.4. The van der Waals surface area contributed by atoms with Gasteiger partial charge in [0.25, 0.3) is 0 Å². The van der Waals surface area contributed by atoms with Gasteiger partial charge >= 0.3 is 0 Å². The van der Waals surface area contributed by atoms with Crippen molar-refractivity contribution in [2.45, 2.75) is 26.7 Å². The lowest BCUT2D eigenvalue weighted by Gasteiger charge is -2.23. The van der Waals surface area contributed by atoms with E-state index in [9.17, 15) is 14.4 Å². The molecule has 0 atom stereocenters. The van der Waals surface area contributed by atoms with Crippen LogP contribution in [0.4, 0.5) is 17.1 Å². The van der Waals surface area contributed by atoms with E-state index in [1.165, 1.54) is 31.6 Å². The number of nitrogens with zero attached hydrogens (tertiary/aromatic N) is 2. The van der Waals surface area contributed by atoms with Crippen LogP contribution < -0.4 is 15.1 Å². The van der Waals surface area contributed by atoms with Gasteiger partial charge in [-0.2, -0.15) is 0 Å². The predicted molar refractivity (Wildman–Crippen MR) is 111 cm³/mol. The maximum Gasteiger partial charge on any atom is 0.244 e. The van der Waals surface area contributed by atoms with Crippen LogP contribution in [0.5, 0.6) is 0 Å². The maximum atomic E-state index is 12.4. The van der Waals surface area contributed by atoms with E-state index < -0.39 is 0 Å². The van der Waals surface area contributed by atoms with Crippen LogP contribution >= 0.6 is 0 Å². The summed E-state index contributed by atoms with van der Waals surface area (Å²) in [5.74, 6) is -0.525. The lowest BCUT2D eigenvalue weighted by Crippen LogP contribution is -2.36. The molecule has 2 amide bonds. The average molecular weight is 379 g/mol. The minimum atomic E-state index is -0.297. The number of amides is 2. The number of rotatable bonds is 6.